The Balaban J connectivity index is 0.000000320. The van der Waals surface area contributed by atoms with Crippen LogP contribution in [0.1, 0.15) is 110 Å². The second kappa shape index (κ2) is 27.9. The van der Waals surface area contributed by atoms with Crippen LogP contribution < -0.4 is 5.32 Å². The zero-order valence-corrected chi connectivity index (χ0v) is 39.4. The monoisotopic (exact) mass is 867 g/mol. The van der Waals surface area contributed by atoms with Gasteiger partial charge in [-0.1, -0.05) is 86.8 Å². The van der Waals surface area contributed by atoms with E-state index in [0.29, 0.717) is 24.2 Å². The highest BCUT2D eigenvalue weighted by Crippen LogP contribution is 2.30. The first-order valence-electron chi connectivity index (χ1n) is 21.7. The van der Waals surface area contributed by atoms with Gasteiger partial charge in [0.2, 0.25) is 0 Å². The Kier molecular flexibility index (Phi) is 25.1. The first-order valence-corrected chi connectivity index (χ1v) is 22.4. The SMILES string of the molecule is C=C1CCCCC1.CCN(CC)CC.CO[C@@H]1CN[C@@H](Cc2ccc(Cl)cc2)C1.CO[C@H]1C[C@H](Cc2ccc(Cl)cc2)N(C2CCN(C(=O)OC(C)(C)C)CC2)C1.Cl. The lowest BCUT2D eigenvalue weighted by Gasteiger charge is -2.39. The molecule has 58 heavy (non-hydrogen) atoms. The van der Waals surface area contributed by atoms with E-state index in [-0.39, 0.29) is 24.6 Å². The van der Waals surface area contributed by atoms with E-state index >= 15 is 0 Å². The fourth-order valence-electron chi connectivity index (χ4n) is 8.06. The number of allylic oxidation sites excluding steroid dienone is 1. The Morgan fingerprint density at radius 2 is 1.33 bits per heavy atom. The summed E-state index contributed by atoms with van der Waals surface area (Å²) in [5.41, 5.74) is 3.65. The van der Waals surface area contributed by atoms with Crippen molar-refractivity contribution < 1.29 is 19.0 Å². The topological polar surface area (TPSA) is 66.5 Å². The van der Waals surface area contributed by atoms with E-state index in [0.717, 1.165) is 74.7 Å². The molecule has 1 aliphatic carbocycles. The van der Waals surface area contributed by atoms with E-state index in [1.165, 1.54) is 68.4 Å². The summed E-state index contributed by atoms with van der Waals surface area (Å²) in [4.78, 5) is 19.2. The van der Waals surface area contributed by atoms with Gasteiger partial charge in [0, 0.05) is 68.6 Å². The summed E-state index contributed by atoms with van der Waals surface area (Å²) in [6, 6.07) is 17.7. The van der Waals surface area contributed by atoms with Crippen molar-refractivity contribution in [3.05, 3.63) is 81.9 Å². The van der Waals surface area contributed by atoms with Crippen molar-refractivity contribution in [2.45, 2.75) is 148 Å². The van der Waals surface area contributed by atoms with Crippen molar-refractivity contribution in [2.24, 2.45) is 0 Å². The molecule has 3 aliphatic heterocycles. The van der Waals surface area contributed by atoms with Crippen molar-refractivity contribution in [3.63, 3.8) is 0 Å². The molecule has 2 aromatic carbocycles. The van der Waals surface area contributed by atoms with Crippen molar-refractivity contribution in [1.82, 2.24) is 20.0 Å². The molecular weight excluding hydrogens is 791 g/mol. The first-order chi connectivity index (χ1) is 27.3. The summed E-state index contributed by atoms with van der Waals surface area (Å²) in [6.45, 7) is 23.2. The molecule has 8 nitrogen and oxygen atoms in total. The summed E-state index contributed by atoms with van der Waals surface area (Å²) in [5, 5.41) is 5.04. The van der Waals surface area contributed by atoms with Crippen molar-refractivity contribution in [3.8, 4) is 0 Å². The fourth-order valence-corrected chi connectivity index (χ4v) is 8.31. The van der Waals surface area contributed by atoms with Gasteiger partial charge in [0.15, 0.2) is 0 Å². The third-order valence-electron chi connectivity index (χ3n) is 11.5. The Hall–Kier alpha value is -1.88. The number of piperidine rings is 1. The number of carbonyl (C=O) groups excluding carboxylic acids is 1. The molecule has 4 fully saturated rings. The Morgan fingerprint density at radius 3 is 1.74 bits per heavy atom. The molecule has 4 atom stereocenters. The number of amides is 1. The predicted molar refractivity (Wildman–Crippen MR) is 247 cm³/mol. The summed E-state index contributed by atoms with van der Waals surface area (Å²) in [7, 11) is 3.58. The average molecular weight is 869 g/mol. The molecule has 0 unspecified atom stereocenters. The zero-order chi connectivity index (χ0) is 41.8. The first kappa shape index (κ1) is 52.3. The Morgan fingerprint density at radius 1 is 0.810 bits per heavy atom. The minimum atomic E-state index is -0.446. The summed E-state index contributed by atoms with van der Waals surface area (Å²) in [5.74, 6) is 0. The number of likely N-dealkylation sites (tertiary alicyclic amines) is 2. The van der Waals surface area contributed by atoms with Crippen LogP contribution in [0.25, 0.3) is 0 Å². The van der Waals surface area contributed by atoms with Crippen LogP contribution in [0.3, 0.4) is 0 Å². The lowest BCUT2D eigenvalue weighted by molar-refractivity contribution is 0.0124. The Labute approximate surface area is 369 Å². The average Bonchev–Trinajstić information content (AvgIpc) is 3.84. The molecule has 1 saturated carbocycles. The van der Waals surface area contributed by atoms with Crippen LogP contribution in [0.2, 0.25) is 10.0 Å². The molecule has 3 heterocycles. The zero-order valence-electron chi connectivity index (χ0n) is 37.1. The molecule has 1 amide bonds. The number of nitrogens with one attached hydrogen (secondary N) is 1. The molecular formula is C47H77Cl3N4O4. The van der Waals surface area contributed by atoms with Crippen LogP contribution in [0.15, 0.2) is 60.7 Å². The van der Waals surface area contributed by atoms with Gasteiger partial charge in [-0.3, -0.25) is 4.90 Å². The molecule has 4 aliphatic rings. The molecule has 0 radical (unpaired) electrons. The van der Waals surface area contributed by atoms with E-state index in [4.69, 9.17) is 37.4 Å². The van der Waals surface area contributed by atoms with Crippen LogP contribution >= 0.6 is 35.6 Å². The standard InChI is InChI=1S/C22H33ClN2O3.C12H16ClNO.C7H12.C6H15N.ClH/c1-22(2,3)28-21(26)24-11-9-18(10-12-24)25-15-20(27-4)14-19(25)13-16-5-7-17(23)8-6-16;1-15-12-7-11(14-8-12)6-9-2-4-10(13)5-3-9;1-7-5-3-2-4-6-7;1-4-7(5-2)6-3;/h5-8,18-20H,9-15H2,1-4H3;2-5,11-12,14H,6-8H2,1H3;1-6H2;4-6H2,1-3H3;1H/t19-,20-;11-,12-;;;/m00.../s1. The highest BCUT2D eigenvalue weighted by Gasteiger charge is 2.38. The molecule has 11 heteroatoms. The van der Waals surface area contributed by atoms with Gasteiger partial charge in [0.05, 0.1) is 12.2 Å². The van der Waals surface area contributed by atoms with Crippen molar-refractivity contribution in [2.75, 3.05) is 60.0 Å². The van der Waals surface area contributed by atoms with Crippen molar-refractivity contribution >= 4 is 41.7 Å². The van der Waals surface area contributed by atoms with Crippen LogP contribution in [0.5, 0.6) is 0 Å². The van der Waals surface area contributed by atoms with Crippen molar-refractivity contribution in [1.29, 1.82) is 0 Å². The maximum atomic E-state index is 12.3. The molecule has 330 valence electrons. The van der Waals surface area contributed by atoms with Crippen LogP contribution in [0, 0.1) is 0 Å². The largest absolute Gasteiger partial charge is 0.444 e. The number of nitrogens with zero attached hydrogens (tertiary/aromatic N) is 3. The smallest absolute Gasteiger partial charge is 0.410 e. The van der Waals surface area contributed by atoms with E-state index in [1.54, 1.807) is 14.2 Å². The molecule has 2 aromatic rings. The van der Waals surface area contributed by atoms with Gasteiger partial charge < -0.3 is 29.3 Å². The molecule has 1 N–H and O–H groups in total. The van der Waals surface area contributed by atoms with E-state index in [1.807, 2.05) is 49.9 Å². The highest BCUT2D eigenvalue weighted by molar-refractivity contribution is 6.30. The molecule has 6 rings (SSSR count). The van der Waals surface area contributed by atoms with E-state index < -0.39 is 5.60 Å². The molecule has 0 aromatic heterocycles. The van der Waals surface area contributed by atoms with Crippen LogP contribution in [-0.4, -0.2) is 117 Å². The van der Waals surface area contributed by atoms with E-state index in [2.05, 4.69) is 66.7 Å². The number of hydrogen-bond acceptors (Lipinski definition) is 7. The third-order valence-corrected chi connectivity index (χ3v) is 12.0. The molecule has 0 spiro atoms. The maximum Gasteiger partial charge on any atom is 0.410 e. The van der Waals surface area contributed by atoms with Gasteiger partial charge in [-0.15, -0.1) is 12.4 Å². The van der Waals surface area contributed by atoms with Crippen LogP contribution in [0.4, 0.5) is 4.79 Å². The lowest BCUT2D eigenvalue weighted by Crippen LogP contribution is -2.49. The summed E-state index contributed by atoms with van der Waals surface area (Å²) >= 11 is 11.9. The fraction of sp³-hybridized carbons (Fsp3) is 0.681. The van der Waals surface area contributed by atoms with E-state index in [9.17, 15) is 4.79 Å². The van der Waals surface area contributed by atoms with Gasteiger partial charge in [-0.05, 0) is 140 Å². The van der Waals surface area contributed by atoms with Gasteiger partial charge in [-0.2, -0.15) is 0 Å². The lowest BCUT2D eigenvalue weighted by atomic mass is 9.97. The quantitative estimate of drug-likeness (QED) is 0.239. The van der Waals surface area contributed by atoms with Gasteiger partial charge in [0.25, 0.3) is 0 Å². The minimum Gasteiger partial charge on any atom is -0.444 e. The maximum absolute atomic E-state index is 12.3. The van der Waals surface area contributed by atoms with Gasteiger partial charge in [0.1, 0.15) is 5.60 Å². The van der Waals surface area contributed by atoms with Gasteiger partial charge in [-0.25, -0.2) is 4.79 Å². The third kappa shape index (κ3) is 19.7. The number of methoxy groups -OCH3 is 2. The molecule has 3 saturated heterocycles. The Bertz CT molecular complexity index is 1400. The second-order valence-corrected chi connectivity index (χ2v) is 17.8. The number of halogens is 3. The molecule has 0 bridgehead atoms. The predicted octanol–water partition coefficient (Wildman–Crippen LogP) is 10.9. The van der Waals surface area contributed by atoms with Crippen LogP contribution in [-0.2, 0) is 27.1 Å². The summed E-state index contributed by atoms with van der Waals surface area (Å²) in [6.07, 6.45) is 13.4. The number of hydrogen-bond donors (Lipinski definition) is 1. The second-order valence-electron chi connectivity index (χ2n) is 16.9. The minimum absolute atomic E-state index is 0. The van der Waals surface area contributed by atoms with Gasteiger partial charge >= 0.3 is 6.09 Å². The number of rotatable bonds is 10. The number of carbonyl (C=O) groups is 1. The normalized spacial score (nSPS) is 22.5. The number of ether oxygens (including phenoxy) is 3. The summed E-state index contributed by atoms with van der Waals surface area (Å²) < 4.78 is 16.5. The number of benzene rings is 2. The highest BCUT2D eigenvalue weighted by atomic mass is 35.5.